The van der Waals surface area contributed by atoms with Crippen molar-refractivity contribution in [2.24, 2.45) is 0 Å². The lowest BCUT2D eigenvalue weighted by Gasteiger charge is -2.35. The van der Waals surface area contributed by atoms with Crippen molar-refractivity contribution in [3.63, 3.8) is 0 Å². The van der Waals surface area contributed by atoms with E-state index in [4.69, 9.17) is 9.57 Å². The number of rotatable bonds is 6. The first-order chi connectivity index (χ1) is 18.2. The molecule has 3 atom stereocenters. The summed E-state index contributed by atoms with van der Waals surface area (Å²) in [7, 11) is 0. The van der Waals surface area contributed by atoms with Crippen molar-refractivity contribution in [2.45, 2.75) is 24.5 Å². The molecule has 2 amide bonds. The van der Waals surface area contributed by atoms with Gasteiger partial charge in [0.2, 0.25) is 5.91 Å². The van der Waals surface area contributed by atoms with Crippen LogP contribution in [0.5, 0.6) is 5.75 Å². The summed E-state index contributed by atoms with van der Waals surface area (Å²) in [5, 5.41) is 1.73. The molecule has 0 bridgehead atoms. The molecular formula is C31H26N2O4. The van der Waals surface area contributed by atoms with Crippen LogP contribution in [0.3, 0.4) is 0 Å². The predicted molar refractivity (Wildman–Crippen MR) is 141 cm³/mol. The predicted octanol–water partition coefficient (Wildman–Crippen LogP) is 5.46. The first-order valence-electron chi connectivity index (χ1n) is 12.4. The summed E-state index contributed by atoms with van der Waals surface area (Å²) < 4.78 is 5.56. The molecule has 0 saturated carbocycles. The Balaban J connectivity index is 1.56. The summed E-state index contributed by atoms with van der Waals surface area (Å²) in [4.78, 5) is 36.5. The van der Waals surface area contributed by atoms with Gasteiger partial charge >= 0.3 is 0 Å². The number of imide groups is 1. The lowest BCUT2D eigenvalue weighted by molar-refractivity contribution is -0.126. The second-order valence-electron chi connectivity index (χ2n) is 9.10. The van der Waals surface area contributed by atoms with Gasteiger partial charge in [0, 0.05) is 0 Å². The Bertz CT molecular complexity index is 1410. The maximum atomic E-state index is 14.7. The SMILES string of the molecule is CCOc1ccc(N2C(=O)C3ON(c4ccccc4)C(c4ccccc4)C3(c3ccccc3)C2=O)cc1. The van der Waals surface area contributed by atoms with E-state index in [1.54, 1.807) is 29.3 Å². The van der Waals surface area contributed by atoms with Crippen LogP contribution in [0.4, 0.5) is 11.4 Å². The van der Waals surface area contributed by atoms with E-state index in [2.05, 4.69) is 0 Å². The highest BCUT2D eigenvalue weighted by molar-refractivity contribution is 6.28. The summed E-state index contributed by atoms with van der Waals surface area (Å²) in [6.45, 7) is 2.44. The van der Waals surface area contributed by atoms with Gasteiger partial charge in [-0.05, 0) is 54.4 Å². The monoisotopic (exact) mass is 490 g/mol. The fourth-order valence-corrected chi connectivity index (χ4v) is 5.52. The van der Waals surface area contributed by atoms with Gasteiger partial charge in [-0.25, -0.2) is 9.96 Å². The van der Waals surface area contributed by atoms with E-state index < -0.39 is 23.5 Å². The van der Waals surface area contributed by atoms with E-state index in [1.165, 1.54) is 4.90 Å². The molecule has 0 aromatic heterocycles. The first kappa shape index (κ1) is 23.0. The molecule has 184 valence electrons. The van der Waals surface area contributed by atoms with Crippen LogP contribution in [0, 0.1) is 0 Å². The Morgan fingerprint density at radius 2 is 1.35 bits per heavy atom. The molecule has 6 heteroatoms. The van der Waals surface area contributed by atoms with Crippen molar-refractivity contribution in [2.75, 3.05) is 16.6 Å². The summed E-state index contributed by atoms with van der Waals surface area (Å²) >= 11 is 0. The Kier molecular flexibility index (Phi) is 5.74. The molecule has 0 spiro atoms. The van der Waals surface area contributed by atoms with Gasteiger partial charge in [0.25, 0.3) is 5.91 Å². The molecular weight excluding hydrogens is 464 g/mol. The summed E-state index contributed by atoms with van der Waals surface area (Å²) in [6.07, 6.45) is -1.04. The standard InChI is InChI=1S/C31H26N2O4/c1-2-36-26-20-18-24(19-21-26)32-29(34)28-31(30(32)35,23-14-8-4-9-15-23)27(22-12-6-3-7-13-22)33(37-28)25-16-10-5-11-17-25/h3-21,27-28H,2H2,1H3. The van der Waals surface area contributed by atoms with Crippen molar-refractivity contribution >= 4 is 23.2 Å². The highest BCUT2D eigenvalue weighted by Crippen LogP contribution is 2.57. The van der Waals surface area contributed by atoms with E-state index in [9.17, 15) is 9.59 Å². The van der Waals surface area contributed by atoms with E-state index >= 15 is 0 Å². The van der Waals surface area contributed by atoms with Crippen LogP contribution in [0.15, 0.2) is 115 Å². The number of amides is 2. The smallest absolute Gasteiger partial charge is 0.267 e. The molecule has 3 unspecified atom stereocenters. The minimum absolute atomic E-state index is 0.315. The van der Waals surface area contributed by atoms with Gasteiger partial charge in [0.1, 0.15) is 17.2 Å². The molecule has 4 aromatic rings. The molecule has 2 fully saturated rings. The minimum Gasteiger partial charge on any atom is -0.494 e. The zero-order valence-corrected chi connectivity index (χ0v) is 20.4. The van der Waals surface area contributed by atoms with E-state index in [1.807, 2.05) is 97.9 Å². The molecule has 2 aliphatic heterocycles. The number of para-hydroxylation sites is 1. The highest BCUT2D eigenvalue weighted by atomic mass is 16.7. The number of hydroxylamine groups is 1. The third kappa shape index (κ3) is 3.52. The summed E-state index contributed by atoms with van der Waals surface area (Å²) in [6, 6.07) is 35.4. The first-order valence-corrected chi connectivity index (χ1v) is 12.4. The third-order valence-corrected chi connectivity index (χ3v) is 7.08. The largest absolute Gasteiger partial charge is 0.494 e. The highest BCUT2D eigenvalue weighted by Gasteiger charge is 2.72. The van der Waals surface area contributed by atoms with Crippen LogP contribution in [-0.4, -0.2) is 24.5 Å². The van der Waals surface area contributed by atoms with Gasteiger partial charge in [-0.2, -0.15) is 0 Å². The van der Waals surface area contributed by atoms with E-state index in [0.717, 1.165) is 16.8 Å². The third-order valence-electron chi connectivity index (χ3n) is 7.08. The van der Waals surface area contributed by atoms with Gasteiger partial charge in [-0.3, -0.25) is 14.4 Å². The van der Waals surface area contributed by atoms with E-state index in [0.29, 0.717) is 18.0 Å². The Morgan fingerprint density at radius 3 is 1.97 bits per heavy atom. The Hall–Kier alpha value is -4.42. The molecule has 0 radical (unpaired) electrons. The lowest BCUT2D eigenvalue weighted by Crippen LogP contribution is -2.46. The molecule has 0 N–H and O–H groups in total. The van der Waals surface area contributed by atoms with Crippen LogP contribution in [0.1, 0.15) is 24.1 Å². The molecule has 37 heavy (non-hydrogen) atoms. The Labute approximate surface area is 215 Å². The van der Waals surface area contributed by atoms with Crippen LogP contribution in [0.2, 0.25) is 0 Å². The van der Waals surface area contributed by atoms with Gasteiger partial charge in [0.05, 0.1) is 18.0 Å². The van der Waals surface area contributed by atoms with Crippen LogP contribution in [-0.2, 0) is 19.8 Å². The molecule has 2 saturated heterocycles. The topological polar surface area (TPSA) is 59.1 Å². The van der Waals surface area contributed by atoms with Crippen LogP contribution < -0.4 is 14.7 Å². The number of hydrogen-bond donors (Lipinski definition) is 0. The number of hydrogen-bond acceptors (Lipinski definition) is 5. The average molecular weight is 491 g/mol. The van der Waals surface area contributed by atoms with Crippen molar-refractivity contribution in [1.82, 2.24) is 0 Å². The molecule has 4 aromatic carbocycles. The number of nitrogens with zero attached hydrogens (tertiary/aromatic N) is 2. The zero-order chi connectivity index (χ0) is 25.4. The fourth-order valence-electron chi connectivity index (χ4n) is 5.52. The van der Waals surface area contributed by atoms with Crippen LogP contribution >= 0.6 is 0 Å². The van der Waals surface area contributed by atoms with Gasteiger partial charge in [0.15, 0.2) is 6.10 Å². The summed E-state index contributed by atoms with van der Waals surface area (Å²) in [5.74, 6) is -0.0282. The quantitative estimate of drug-likeness (QED) is 0.336. The van der Waals surface area contributed by atoms with Crippen molar-refractivity contribution in [3.05, 3.63) is 126 Å². The number of carbonyl (C=O) groups excluding carboxylic acids is 2. The molecule has 2 aliphatic rings. The normalized spacial score (nSPS) is 22.8. The van der Waals surface area contributed by atoms with E-state index in [-0.39, 0.29) is 5.91 Å². The van der Waals surface area contributed by atoms with Gasteiger partial charge in [-0.15, -0.1) is 0 Å². The Morgan fingerprint density at radius 1 is 0.757 bits per heavy atom. The average Bonchev–Trinajstić information content (AvgIpc) is 3.42. The zero-order valence-electron chi connectivity index (χ0n) is 20.4. The van der Waals surface area contributed by atoms with Crippen molar-refractivity contribution in [1.29, 1.82) is 0 Å². The van der Waals surface area contributed by atoms with Crippen LogP contribution in [0.25, 0.3) is 0 Å². The molecule has 2 heterocycles. The van der Waals surface area contributed by atoms with Gasteiger partial charge in [-0.1, -0.05) is 78.9 Å². The number of benzene rings is 4. The maximum Gasteiger partial charge on any atom is 0.267 e. The molecule has 0 aliphatic carbocycles. The lowest BCUT2D eigenvalue weighted by atomic mass is 9.69. The van der Waals surface area contributed by atoms with Crippen molar-refractivity contribution in [3.8, 4) is 5.75 Å². The second-order valence-corrected chi connectivity index (χ2v) is 9.10. The fraction of sp³-hybridized carbons (Fsp3) is 0.161. The number of ether oxygens (including phenoxy) is 1. The maximum absolute atomic E-state index is 14.7. The number of anilines is 2. The molecule has 6 nitrogen and oxygen atoms in total. The van der Waals surface area contributed by atoms with Crippen molar-refractivity contribution < 1.29 is 19.2 Å². The van der Waals surface area contributed by atoms with Gasteiger partial charge < -0.3 is 4.74 Å². The number of carbonyl (C=O) groups is 2. The number of fused-ring (bicyclic) bond motifs is 1. The summed E-state index contributed by atoms with van der Waals surface area (Å²) in [5.41, 5.74) is 1.58. The second kappa shape index (κ2) is 9.22. The minimum atomic E-state index is -1.30. The molecule has 6 rings (SSSR count).